The van der Waals surface area contributed by atoms with Crippen molar-refractivity contribution >= 4 is 28.4 Å². The molecule has 1 fully saturated rings. The summed E-state index contributed by atoms with van der Waals surface area (Å²) in [5, 5.41) is 6.43. The second-order valence-corrected chi connectivity index (χ2v) is 8.21. The third-order valence-electron chi connectivity index (χ3n) is 5.27. The fraction of sp³-hybridized carbons (Fsp3) is 0.364. The normalized spacial score (nSPS) is 20.2. The number of hydrogen-bond acceptors (Lipinski definition) is 2. The molecule has 0 bridgehead atoms. The molecule has 0 aliphatic carbocycles. The van der Waals surface area contributed by atoms with Gasteiger partial charge in [-0.05, 0) is 36.5 Å². The van der Waals surface area contributed by atoms with Gasteiger partial charge in [0.05, 0.1) is 5.52 Å². The number of likely N-dealkylation sites (tertiary alicyclic amines) is 1. The van der Waals surface area contributed by atoms with Crippen molar-refractivity contribution in [3.05, 3.63) is 53.6 Å². The first-order valence-electron chi connectivity index (χ1n) is 9.50. The summed E-state index contributed by atoms with van der Waals surface area (Å²) in [6.07, 6.45) is 1.19. The van der Waals surface area contributed by atoms with Gasteiger partial charge in [-0.1, -0.05) is 55.8 Å². The van der Waals surface area contributed by atoms with Crippen molar-refractivity contribution in [3.63, 3.8) is 0 Å². The van der Waals surface area contributed by atoms with Crippen LogP contribution in [0.15, 0.2) is 48.5 Å². The van der Waals surface area contributed by atoms with Crippen LogP contribution in [0.1, 0.15) is 20.3 Å². The molecular weight excluding hydrogens is 358 g/mol. The highest BCUT2D eigenvalue weighted by atomic mass is 35.5. The second kappa shape index (κ2) is 7.35. The topological polar surface area (TPSA) is 38.1 Å². The number of piperidine rings is 1. The summed E-state index contributed by atoms with van der Waals surface area (Å²) in [6.45, 7) is 6.35. The lowest BCUT2D eigenvalue weighted by atomic mass is 9.92. The molecule has 1 aliphatic heterocycles. The summed E-state index contributed by atoms with van der Waals surface area (Å²) in [7, 11) is 0. The summed E-state index contributed by atoms with van der Waals surface area (Å²) in [4.78, 5) is 14.9. The van der Waals surface area contributed by atoms with E-state index in [0.717, 1.165) is 35.2 Å². The van der Waals surface area contributed by atoms with Crippen LogP contribution in [0, 0.1) is 11.8 Å². The molecule has 0 saturated carbocycles. The van der Waals surface area contributed by atoms with Crippen LogP contribution >= 0.6 is 11.6 Å². The minimum Gasteiger partial charge on any atom is -0.341 e. The highest BCUT2D eigenvalue weighted by Gasteiger charge is 2.26. The van der Waals surface area contributed by atoms with Gasteiger partial charge in [-0.3, -0.25) is 9.48 Å². The number of rotatable bonds is 3. The molecule has 0 spiro atoms. The van der Waals surface area contributed by atoms with Crippen molar-refractivity contribution in [1.29, 1.82) is 0 Å². The molecule has 2 heterocycles. The minimum absolute atomic E-state index is 0.132. The largest absolute Gasteiger partial charge is 0.341 e. The molecule has 2 unspecified atom stereocenters. The number of fused-ring (bicyclic) bond motifs is 1. The number of aromatic nitrogens is 2. The fourth-order valence-corrected chi connectivity index (χ4v) is 4.35. The molecular formula is C22H24ClN3O. The van der Waals surface area contributed by atoms with Gasteiger partial charge in [0.1, 0.15) is 12.2 Å². The van der Waals surface area contributed by atoms with Crippen molar-refractivity contribution in [3.8, 4) is 11.3 Å². The summed E-state index contributed by atoms with van der Waals surface area (Å²) in [6, 6.07) is 15.8. The predicted molar refractivity (Wildman–Crippen MR) is 110 cm³/mol. The van der Waals surface area contributed by atoms with Crippen LogP contribution in [0.5, 0.6) is 0 Å². The van der Waals surface area contributed by atoms with Crippen LogP contribution in [0.4, 0.5) is 0 Å². The zero-order chi connectivity index (χ0) is 19.0. The average Bonchev–Trinajstić information content (AvgIpc) is 2.99. The molecule has 1 amide bonds. The SMILES string of the molecule is CC1CC(C)CN(C(=O)Cn2nc(-c3ccccc3)c3cc(Cl)ccc32)C1. The van der Waals surface area contributed by atoms with Crippen LogP contribution in [-0.2, 0) is 11.3 Å². The second-order valence-electron chi connectivity index (χ2n) is 7.78. The van der Waals surface area contributed by atoms with E-state index in [-0.39, 0.29) is 12.5 Å². The molecule has 2 atom stereocenters. The maximum Gasteiger partial charge on any atom is 0.244 e. The van der Waals surface area contributed by atoms with Gasteiger partial charge in [-0.2, -0.15) is 5.10 Å². The summed E-state index contributed by atoms with van der Waals surface area (Å²) in [5.74, 6) is 1.23. The molecule has 4 rings (SSSR count). The Morgan fingerprint density at radius 1 is 1.11 bits per heavy atom. The van der Waals surface area contributed by atoms with Gasteiger partial charge in [0.25, 0.3) is 0 Å². The number of carbonyl (C=O) groups excluding carboxylic acids is 1. The molecule has 1 aromatic heterocycles. The van der Waals surface area contributed by atoms with Crippen LogP contribution in [-0.4, -0.2) is 33.7 Å². The van der Waals surface area contributed by atoms with Crippen LogP contribution in [0.2, 0.25) is 5.02 Å². The summed E-state index contributed by atoms with van der Waals surface area (Å²) >= 11 is 6.23. The highest BCUT2D eigenvalue weighted by Crippen LogP contribution is 2.30. The lowest BCUT2D eigenvalue weighted by Gasteiger charge is -2.35. The minimum atomic E-state index is 0.132. The van der Waals surface area contributed by atoms with Gasteiger partial charge in [0, 0.05) is 29.1 Å². The lowest BCUT2D eigenvalue weighted by molar-refractivity contribution is -0.134. The molecule has 1 aliphatic rings. The summed E-state index contributed by atoms with van der Waals surface area (Å²) < 4.78 is 1.82. The lowest BCUT2D eigenvalue weighted by Crippen LogP contribution is -2.44. The van der Waals surface area contributed by atoms with E-state index in [1.165, 1.54) is 6.42 Å². The first-order chi connectivity index (χ1) is 13.0. The zero-order valence-electron chi connectivity index (χ0n) is 15.7. The van der Waals surface area contributed by atoms with Crippen molar-refractivity contribution in [1.82, 2.24) is 14.7 Å². The van der Waals surface area contributed by atoms with E-state index in [1.54, 1.807) is 0 Å². The van der Waals surface area contributed by atoms with E-state index in [4.69, 9.17) is 16.7 Å². The van der Waals surface area contributed by atoms with E-state index in [1.807, 2.05) is 58.1 Å². The standard InChI is InChI=1S/C22H24ClN3O/c1-15-10-16(2)13-25(12-15)21(27)14-26-20-9-8-18(23)11-19(20)22(24-26)17-6-4-3-5-7-17/h3-9,11,15-16H,10,12-14H2,1-2H3. The van der Waals surface area contributed by atoms with Gasteiger partial charge >= 0.3 is 0 Å². The Bertz CT molecular complexity index is 956. The van der Waals surface area contributed by atoms with E-state index in [0.29, 0.717) is 16.9 Å². The van der Waals surface area contributed by atoms with Gasteiger partial charge in [-0.25, -0.2) is 0 Å². The molecule has 0 radical (unpaired) electrons. The molecule has 5 heteroatoms. The molecule has 2 aromatic carbocycles. The molecule has 27 heavy (non-hydrogen) atoms. The Labute approximate surface area is 164 Å². The Morgan fingerprint density at radius 2 is 1.81 bits per heavy atom. The highest BCUT2D eigenvalue weighted by molar-refractivity contribution is 6.31. The van der Waals surface area contributed by atoms with E-state index >= 15 is 0 Å². The fourth-order valence-electron chi connectivity index (χ4n) is 4.18. The van der Waals surface area contributed by atoms with Gasteiger partial charge in [-0.15, -0.1) is 0 Å². The molecule has 140 valence electrons. The van der Waals surface area contributed by atoms with Crippen LogP contribution < -0.4 is 0 Å². The Kier molecular flexibility index (Phi) is 4.92. The number of amides is 1. The maximum absolute atomic E-state index is 13.0. The number of hydrogen-bond donors (Lipinski definition) is 0. The number of halogens is 1. The van der Waals surface area contributed by atoms with E-state index < -0.39 is 0 Å². The first-order valence-corrected chi connectivity index (χ1v) is 9.88. The van der Waals surface area contributed by atoms with Gasteiger partial charge in [0.2, 0.25) is 5.91 Å². The molecule has 0 N–H and O–H groups in total. The van der Waals surface area contributed by atoms with Gasteiger partial charge < -0.3 is 4.90 Å². The third-order valence-corrected chi connectivity index (χ3v) is 5.50. The number of benzene rings is 2. The third kappa shape index (κ3) is 3.72. The number of carbonyl (C=O) groups is 1. The quantitative estimate of drug-likeness (QED) is 0.649. The Morgan fingerprint density at radius 3 is 2.52 bits per heavy atom. The van der Waals surface area contributed by atoms with Crippen LogP contribution in [0.25, 0.3) is 22.2 Å². The van der Waals surface area contributed by atoms with Crippen molar-refractivity contribution in [2.75, 3.05) is 13.1 Å². The van der Waals surface area contributed by atoms with Crippen molar-refractivity contribution < 1.29 is 4.79 Å². The predicted octanol–water partition coefficient (Wildman–Crippen LogP) is 4.86. The van der Waals surface area contributed by atoms with Gasteiger partial charge in [0.15, 0.2) is 0 Å². The van der Waals surface area contributed by atoms with E-state index in [9.17, 15) is 4.79 Å². The molecule has 4 nitrogen and oxygen atoms in total. The maximum atomic E-state index is 13.0. The number of nitrogens with zero attached hydrogens (tertiary/aromatic N) is 3. The Hall–Kier alpha value is -2.33. The Balaban J connectivity index is 1.69. The zero-order valence-corrected chi connectivity index (χ0v) is 16.5. The summed E-state index contributed by atoms with van der Waals surface area (Å²) in [5.41, 5.74) is 2.82. The first kappa shape index (κ1) is 18.1. The van der Waals surface area contributed by atoms with E-state index in [2.05, 4.69) is 13.8 Å². The average molecular weight is 382 g/mol. The van der Waals surface area contributed by atoms with Crippen molar-refractivity contribution in [2.45, 2.75) is 26.8 Å². The molecule has 1 saturated heterocycles. The monoisotopic (exact) mass is 381 g/mol. The smallest absolute Gasteiger partial charge is 0.244 e. The molecule has 3 aromatic rings. The van der Waals surface area contributed by atoms with Crippen molar-refractivity contribution in [2.24, 2.45) is 11.8 Å². The van der Waals surface area contributed by atoms with Crippen LogP contribution in [0.3, 0.4) is 0 Å².